The minimum atomic E-state index is -0.833. The molecule has 0 aromatic heterocycles. The summed E-state index contributed by atoms with van der Waals surface area (Å²) in [5.41, 5.74) is 0. The van der Waals surface area contributed by atoms with Gasteiger partial charge in [-0.15, -0.1) is 4.55 Å². The van der Waals surface area contributed by atoms with E-state index in [2.05, 4.69) is 37.3 Å². The van der Waals surface area contributed by atoms with Crippen LogP contribution in [-0.2, 0) is 4.57 Å². The Balaban J connectivity index is 0.000000354. The van der Waals surface area contributed by atoms with Crippen molar-refractivity contribution in [2.75, 3.05) is 0 Å². The van der Waals surface area contributed by atoms with Crippen LogP contribution in [0.5, 0.6) is 0 Å². The summed E-state index contributed by atoms with van der Waals surface area (Å²) in [7, 11) is -0.833. The highest BCUT2D eigenvalue weighted by Gasteiger charge is 1.91. The van der Waals surface area contributed by atoms with Crippen LogP contribution in [0.25, 0.3) is 0 Å². The SMILES string of the molecule is C[CH2][Mg][c]1ccccc1.O=PO. The van der Waals surface area contributed by atoms with E-state index in [4.69, 9.17) is 9.46 Å². The second-order valence-corrected chi connectivity index (χ2v) is 4.80. The van der Waals surface area contributed by atoms with Gasteiger partial charge in [0.15, 0.2) is 0 Å². The van der Waals surface area contributed by atoms with E-state index in [0.717, 1.165) is 0 Å². The third-order valence-corrected chi connectivity index (χ3v) is 2.93. The molecule has 0 aliphatic carbocycles. The summed E-state index contributed by atoms with van der Waals surface area (Å²) < 4.78 is 11.4. The Bertz CT molecular complexity index is 203. The van der Waals surface area contributed by atoms with Crippen LogP contribution in [-0.4, -0.2) is 25.3 Å². The number of rotatable bonds is 2. The molecule has 2 nitrogen and oxygen atoms in total. The van der Waals surface area contributed by atoms with Gasteiger partial charge in [-0.05, 0) is 0 Å². The molecule has 12 heavy (non-hydrogen) atoms. The molecule has 0 heterocycles. The molecular formula is C8H11MgO2P. The zero-order chi connectivity index (χ0) is 9.23. The predicted octanol–water partition coefficient (Wildman–Crippen LogP) is 1.64. The first-order valence-electron chi connectivity index (χ1n) is 3.85. The number of hydrogen-bond acceptors (Lipinski definition) is 1. The highest BCUT2D eigenvalue weighted by atomic mass is 31.1. The molecule has 0 atom stereocenters. The fourth-order valence-corrected chi connectivity index (χ4v) is 2.12. The lowest BCUT2D eigenvalue weighted by Gasteiger charge is -1.91. The second kappa shape index (κ2) is 9.14. The first-order valence-corrected chi connectivity index (χ1v) is 6.33. The van der Waals surface area contributed by atoms with Gasteiger partial charge in [-0.1, -0.05) is 37.3 Å². The van der Waals surface area contributed by atoms with Crippen LogP contribution >= 0.6 is 8.69 Å². The van der Waals surface area contributed by atoms with Crippen molar-refractivity contribution in [1.29, 1.82) is 0 Å². The normalized spacial score (nSPS) is 8.17. The molecule has 0 fully saturated rings. The Morgan fingerprint density at radius 1 is 1.42 bits per heavy atom. The highest BCUT2D eigenvalue weighted by molar-refractivity contribution is 7.16. The van der Waals surface area contributed by atoms with E-state index >= 15 is 0 Å². The van der Waals surface area contributed by atoms with Gasteiger partial charge in [0.05, 0.1) is 0 Å². The molecule has 4 heteroatoms. The second-order valence-electron chi connectivity index (χ2n) is 2.32. The number of benzene rings is 1. The molecule has 0 saturated heterocycles. The van der Waals surface area contributed by atoms with Crippen molar-refractivity contribution < 1.29 is 9.46 Å². The minimum absolute atomic E-state index is 0.0990. The molecule has 0 saturated carbocycles. The van der Waals surface area contributed by atoms with Gasteiger partial charge in [-0.2, -0.15) is 3.69 Å². The Hall–Kier alpha value is 0.0462. The average Bonchev–Trinajstić information content (AvgIpc) is 2.08. The van der Waals surface area contributed by atoms with Crippen LogP contribution in [0, 0.1) is 0 Å². The topological polar surface area (TPSA) is 37.3 Å². The zero-order valence-electron chi connectivity index (χ0n) is 7.10. The van der Waals surface area contributed by atoms with Gasteiger partial charge in [0.1, 0.15) is 0 Å². The maximum absolute atomic E-state index is 8.46. The summed E-state index contributed by atoms with van der Waals surface area (Å²) in [6, 6.07) is 10.8. The Morgan fingerprint density at radius 3 is 2.33 bits per heavy atom. The fraction of sp³-hybridized carbons (Fsp3) is 0.250. The van der Waals surface area contributed by atoms with Crippen molar-refractivity contribution in [2.45, 2.75) is 11.5 Å². The zero-order valence-corrected chi connectivity index (χ0v) is 9.41. The van der Waals surface area contributed by atoms with Crippen LogP contribution in [0.15, 0.2) is 30.3 Å². The average molecular weight is 194 g/mol. The molecule has 1 aromatic carbocycles. The van der Waals surface area contributed by atoms with Crippen molar-refractivity contribution in [2.24, 2.45) is 0 Å². The van der Waals surface area contributed by atoms with E-state index in [1.807, 2.05) is 0 Å². The van der Waals surface area contributed by atoms with Crippen molar-refractivity contribution in [3.05, 3.63) is 30.3 Å². The molecule has 0 aliphatic rings. The van der Waals surface area contributed by atoms with E-state index in [-0.39, 0.29) is 20.4 Å². The van der Waals surface area contributed by atoms with Gasteiger partial charge >= 0.3 is 29.1 Å². The summed E-state index contributed by atoms with van der Waals surface area (Å²) in [4.78, 5) is 6.99. The lowest BCUT2D eigenvalue weighted by Crippen LogP contribution is -2.10. The lowest BCUT2D eigenvalue weighted by molar-refractivity contribution is 0.524. The summed E-state index contributed by atoms with van der Waals surface area (Å²) in [6.07, 6.45) is 0. The maximum Gasteiger partial charge on any atom is 0.408 e. The molecule has 1 aromatic rings. The molecule has 1 rings (SSSR count). The molecular weight excluding hydrogens is 183 g/mol. The molecule has 0 amide bonds. The van der Waals surface area contributed by atoms with Crippen LogP contribution in [0.1, 0.15) is 6.92 Å². The highest BCUT2D eigenvalue weighted by Crippen LogP contribution is 1.82. The molecule has 62 valence electrons. The maximum atomic E-state index is 8.46. The Morgan fingerprint density at radius 2 is 1.92 bits per heavy atom. The van der Waals surface area contributed by atoms with Crippen LogP contribution in [0.4, 0.5) is 0 Å². The van der Waals surface area contributed by atoms with Crippen LogP contribution in [0.3, 0.4) is 0 Å². The molecule has 0 radical (unpaired) electrons. The Labute approximate surface area is 84.0 Å². The minimum Gasteiger partial charge on any atom is -0.310 e. The summed E-state index contributed by atoms with van der Waals surface area (Å²) in [5, 5.41) is 0. The third-order valence-electron chi connectivity index (χ3n) is 1.38. The lowest BCUT2D eigenvalue weighted by atomic mass is 10.4. The van der Waals surface area contributed by atoms with E-state index in [0.29, 0.717) is 0 Å². The summed E-state index contributed by atoms with van der Waals surface area (Å²) in [6.45, 7) is 2.26. The standard InChI is InChI=1S/C6H5.C2H5.Mg.HO2P/c1-2-4-6-5-3-1;1-2;;1-3-2/h1-5H;1H2,2H3;;(H,1,2). The first-order chi connectivity index (χ1) is 5.85. The molecule has 0 unspecified atom stereocenters. The monoisotopic (exact) mass is 194 g/mol. The molecule has 0 aliphatic heterocycles. The van der Waals surface area contributed by atoms with Gasteiger partial charge in [0.2, 0.25) is 0 Å². The van der Waals surface area contributed by atoms with Gasteiger partial charge in [-0.3, -0.25) is 0 Å². The van der Waals surface area contributed by atoms with E-state index < -0.39 is 8.69 Å². The third kappa shape index (κ3) is 6.74. The van der Waals surface area contributed by atoms with E-state index in [1.165, 1.54) is 4.55 Å². The van der Waals surface area contributed by atoms with E-state index in [9.17, 15) is 0 Å². The van der Waals surface area contributed by atoms with Crippen molar-refractivity contribution >= 4 is 32.7 Å². The van der Waals surface area contributed by atoms with Gasteiger partial charge in [0.25, 0.3) is 0 Å². The van der Waals surface area contributed by atoms with E-state index in [1.54, 1.807) is 3.69 Å². The quantitative estimate of drug-likeness (QED) is 0.574. The van der Waals surface area contributed by atoms with Gasteiger partial charge < -0.3 is 4.89 Å². The fourth-order valence-electron chi connectivity index (χ4n) is 0.933. The van der Waals surface area contributed by atoms with Crippen LogP contribution in [0.2, 0.25) is 4.55 Å². The van der Waals surface area contributed by atoms with Crippen molar-refractivity contribution in [3.63, 3.8) is 0 Å². The molecule has 1 N–H and O–H groups in total. The van der Waals surface area contributed by atoms with Crippen molar-refractivity contribution in [1.82, 2.24) is 0 Å². The van der Waals surface area contributed by atoms with Gasteiger partial charge in [-0.25, -0.2) is 4.57 Å². The smallest absolute Gasteiger partial charge is 0.310 e. The van der Waals surface area contributed by atoms with Crippen molar-refractivity contribution in [3.8, 4) is 0 Å². The Kier molecular flexibility index (Phi) is 9.17. The largest absolute Gasteiger partial charge is 0.408 e. The summed E-state index contributed by atoms with van der Waals surface area (Å²) >= 11 is 0.0990. The predicted molar refractivity (Wildman–Crippen MR) is 52.1 cm³/mol. The van der Waals surface area contributed by atoms with Gasteiger partial charge in [0, 0.05) is 0 Å². The molecule has 0 spiro atoms. The molecule has 0 bridgehead atoms. The number of hydrogen-bond donors (Lipinski definition) is 1. The van der Waals surface area contributed by atoms with Crippen LogP contribution < -0.4 is 3.69 Å². The summed E-state index contributed by atoms with van der Waals surface area (Å²) in [5.74, 6) is 0. The first kappa shape index (κ1) is 12.0.